The molecule has 0 amide bonds. The molecule has 6 atom stereocenters. The van der Waals surface area contributed by atoms with E-state index in [2.05, 4.69) is 24.2 Å². The molecule has 2 saturated heterocycles. The molecule has 0 unspecified atom stereocenters. The lowest BCUT2D eigenvalue weighted by molar-refractivity contribution is -0.0889. The number of piperidine rings is 2. The van der Waals surface area contributed by atoms with Crippen LogP contribution in [0.5, 0.6) is 0 Å². The lowest BCUT2D eigenvalue weighted by atomic mass is 9.53. The van der Waals surface area contributed by atoms with Crippen LogP contribution in [0.15, 0.2) is 0 Å². The van der Waals surface area contributed by atoms with Gasteiger partial charge in [-0.3, -0.25) is 0 Å². The Balaban J connectivity index is 1.65. The number of fused-ring (bicyclic) bond motifs is 2. The molecular weight excluding hydrogens is 232 g/mol. The first-order valence-electron chi connectivity index (χ1n) is 8.63. The van der Waals surface area contributed by atoms with Crippen LogP contribution in [-0.4, -0.2) is 36.6 Å². The summed E-state index contributed by atoms with van der Waals surface area (Å²) in [5, 5.41) is 4.00. The highest BCUT2D eigenvalue weighted by Gasteiger charge is 2.54. The van der Waals surface area contributed by atoms with Gasteiger partial charge in [0.25, 0.3) is 0 Å². The SMILES string of the molecule is C[C@H]1C[C@@H]2C[C@@]3(CCCCN3)[C@H]3C[C@@H]2[C@@H](C1)N(C)C3. The van der Waals surface area contributed by atoms with E-state index in [0.717, 1.165) is 29.7 Å². The quantitative estimate of drug-likeness (QED) is 0.722. The molecule has 2 aliphatic carbocycles. The van der Waals surface area contributed by atoms with Crippen LogP contribution in [-0.2, 0) is 0 Å². The molecule has 108 valence electrons. The molecule has 2 saturated carbocycles. The Morgan fingerprint density at radius 3 is 2.84 bits per heavy atom. The van der Waals surface area contributed by atoms with Gasteiger partial charge in [-0.2, -0.15) is 0 Å². The van der Waals surface area contributed by atoms with Crippen LogP contribution >= 0.6 is 0 Å². The zero-order chi connectivity index (χ0) is 13.0. The summed E-state index contributed by atoms with van der Waals surface area (Å²) in [5.41, 5.74) is 0.524. The smallest absolute Gasteiger partial charge is 0.0224 e. The van der Waals surface area contributed by atoms with Gasteiger partial charge in [0.2, 0.25) is 0 Å². The Kier molecular flexibility index (Phi) is 2.97. The third-order valence-corrected chi connectivity index (χ3v) is 7.01. The summed E-state index contributed by atoms with van der Waals surface area (Å²) in [6.07, 6.45) is 10.3. The van der Waals surface area contributed by atoms with Crippen molar-refractivity contribution >= 4 is 0 Å². The van der Waals surface area contributed by atoms with E-state index in [1.165, 1.54) is 58.0 Å². The highest BCUT2D eigenvalue weighted by Crippen LogP contribution is 2.54. The molecule has 4 aliphatic rings. The standard InChI is InChI=1S/C17H30N2/c1-12-7-13-10-17(5-3-4-6-18-17)14-9-15(13)16(8-12)19(2)11-14/h12-16,18H,3-11H2,1-2H3/t12-,13+,14-,15-,16+,17-/m0/s1. The fourth-order valence-corrected chi connectivity index (χ4v) is 6.21. The van der Waals surface area contributed by atoms with Crippen molar-refractivity contribution in [1.29, 1.82) is 0 Å². The van der Waals surface area contributed by atoms with Gasteiger partial charge in [-0.05, 0) is 75.8 Å². The van der Waals surface area contributed by atoms with Gasteiger partial charge in [-0.25, -0.2) is 0 Å². The Morgan fingerprint density at radius 2 is 2.05 bits per heavy atom. The molecule has 2 heterocycles. The fraction of sp³-hybridized carbons (Fsp3) is 1.00. The van der Waals surface area contributed by atoms with Crippen LogP contribution in [0.2, 0.25) is 0 Å². The van der Waals surface area contributed by atoms with Crippen molar-refractivity contribution in [2.45, 2.75) is 63.5 Å². The molecule has 2 aliphatic heterocycles. The minimum atomic E-state index is 0.524. The molecule has 1 N–H and O–H groups in total. The number of hydrogen-bond acceptors (Lipinski definition) is 2. The van der Waals surface area contributed by atoms with Gasteiger partial charge >= 0.3 is 0 Å². The fourth-order valence-electron chi connectivity index (χ4n) is 6.21. The molecule has 0 aromatic rings. The zero-order valence-electron chi connectivity index (χ0n) is 12.7. The molecule has 4 fully saturated rings. The van der Waals surface area contributed by atoms with Crippen LogP contribution in [0, 0.1) is 23.7 Å². The second-order valence-corrected chi connectivity index (χ2v) is 8.18. The van der Waals surface area contributed by atoms with Crippen molar-refractivity contribution in [2.75, 3.05) is 20.1 Å². The summed E-state index contributed by atoms with van der Waals surface area (Å²) in [6, 6.07) is 0.908. The van der Waals surface area contributed by atoms with Crippen molar-refractivity contribution in [3.63, 3.8) is 0 Å². The van der Waals surface area contributed by atoms with Crippen LogP contribution < -0.4 is 5.32 Å². The lowest BCUT2D eigenvalue weighted by Gasteiger charge is -2.61. The minimum absolute atomic E-state index is 0.524. The van der Waals surface area contributed by atoms with Gasteiger partial charge in [0, 0.05) is 18.1 Å². The van der Waals surface area contributed by atoms with E-state index < -0.39 is 0 Å². The van der Waals surface area contributed by atoms with Crippen molar-refractivity contribution < 1.29 is 0 Å². The maximum Gasteiger partial charge on any atom is 0.0224 e. The highest BCUT2D eigenvalue weighted by molar-refractivity contribution is 5.10. The van der Waals surface area contributed by atoms with Crippen LogP contribution in [0.25, 0.3) is 0 Å². The normalized spacial score (nSPS) is 54.3. The largest absolute Gasteiger partial charge is 0.311 e. The third-order valence-electron chi connectivity index (χ3n) is 7.01. The predicted octanol–water partition coefficient (Wildman–Crippen LogP) is 2.89. The van der Waals surface area contributed by atoms with Gasteiger partial charge in [-0.15, -0.1) is 0 Å². The van der Waals surface area contributed by atoms with Gasteiger partial charge < -0.3 is 10.2 Å². The first-order chi connectivity index (χ1) is 9.18. The number of hydrogen-bond donors (Lipinski definition) is 1. The van der Waals surface area contributed by atoms with Gasteiger partial charge in [0.1, 0.15) is 0 Å². The van der Waals surface area contributed by atoms with Crippen molar-refractivity contribution in [1.82, 2.24) is 10.2 Å². The van der Waals surface area contributed by atoms with Gasteiger partial charge in [-0.1, -0.05) is 13.3 Å². The number of likely N-dealkylation sites (tertiary alicyclic amines) is 1. The number of rotatable bonds is 0. The topological polar surface area (TPSA) is 15.3 Å². The van der Waals surface area contributed by atoms with Gasteiger partial charge in [0.15, 0.2) is 0 Å². The summed E-state index contributed by atoms with van der Waals surface area (Å²) in [4.78, 5) is 2.73. The van der Waals surface area contributed by atoms with Crippen LogP contribution in [0.3, 0.4) is 0 Å². The molecule has 2 heteroatoms. The molecule has 19 heavy (non-hydrogen) atoms. The van der Waals surface area contributed by atoms with Crippen molar-refractivity contribution in [3.8, 4) is 0 Å². The second-order valence-electron chi connectivity index (χ2n) is 8.18. The van der Waals surface area contributed by atoms with E-state index in [0.29, 0.717) is 5.54 Å². The Morgan fingerprint density at radius 1 is 1.16 bits per heavy atom. The van der Waals surface area contributed by atoms with E-state index in [-0.39, 0.29) is 0 Å². The molecule has 0 radical (unpaired) electrons. The Hall–Kier alpha value is -0.0800. The van der Waals surface area contributed by atoms with E-state index >= 15 is 0 Å². The molecule has 2 bridgehead atoms. The molecular formula is C17H30N2. The summed E-state index contributed by atoms with van der Waals surface area (Å²) in [7, 11) is 2.40. The van der Waals surface area contributed by atoms with E-state index in [1.807, 2.05) is 0 Å². The summed E-state index contributed by atoms with van der Waals surface area (Å²) < 4.78 is 0. The minimum Gasteiger partial charge on any atom is -0.311 e. The van der Waals surface area contributed by atoms with E-state index in [1.54, 1.807) is 0 Å². The Labute approximate surface area is 118 Å². The summed E-state index contributed by atoms with van der Waals surface area (Å²) >= 11 is 0. The number of nitrogens with zero attached hydrogens (tertiary/aromatic N) is 1. The second kappa shape index (κ2) is 4.46. The average molecular weight is 262 g/mol. The third kappa shape index (κ3) is 1.90. The van der Waals surface area contributed by atoms with Crippen LogP contribution in [0.1, 0.15) is 51.9 Å². The first kappa shape index (κ1) is 12.6. The number of nitrogens with one attached hydrogen (secondary N) is 1. The molecule has 0 aromatic carbocycles. The maximum absolute atomic E-state index is 4.00. The summed E-state index contributed by atoms with van der Waals surface area (Å²) in [5.74, 6) is 3.92. The monoisotopic (exact) mass is 262 g/mol. The molecule has 2 nitrogen and oxygen atoms in total. The van der Waals surface area contributed by atoms with Crippen molar-refractivity contribution in [2.24, 2.45) is 23.7 Å². The maximum atomic E-state index is 4.00. The first-order valence-corrected chi connectivity index (χ1v) is 8.63. The van der Waals surface area contributed by atoms with E-state index in [4.69, 9.17) is 0 Å². The zero-order valence-corrected chi connectivity index (χ0v) is 12.7. The molecule has 1 spiro atoms. The lowest BCUT2D eigenvalue weighted by Crippen LogP contribution is -2.67. The highest BCUT2D eigenvalue weighted by atomic mass is 15.2. The van der Waals surface area contributed by atoms with Gasteiger partial charge in [0.05, 0.1) is 0 Å². The predicted molar refractivity (Wildman–Crippen MR) is 79.1 cm³/mol. The van der Waals surface area contributed by atoms with E-state index in [9.17, 15) is 0 Å². The Bertz CT molecular complexity index is 347. The average Bonchev–Trinajstić information content (AvgIpc) is 2.40. The molecule has 4 rings (SSSR count). The van der Waals surface area contributed by atoms with Crippen molar-refractivity contribution in [3.05, 3.63) is 0 Å². The van der Waals surface area contributed by atoms with Crippen LogP contribution in [0.4, 0.5) is 0 Å². The molecule has 0 aromatic heterocycles. The summed E-state index contributed by atoms with van der Waals surface area (Å²) in [6.45, 7) is 5.12.